The molecule has 0 fully saturated rings. The summed E-state index contributed by atoms with van der Waals surface area (Å²) in [5.74, 6) is -0.499. The van der Waals surface area contributed by atoms with Crippen molar-refractivity contribution in [1.29, 1.82) is 0 Å². The fourth-order valence-corrected chi connectivity index (χ4v) is 5.11. The van der Waals surface area contributed by atoms with Crippen LogP contribution in [-0.2, 0) is 6.54 Å². The molecule has 1 aromatic heterocycles. The van der Waals surface area contributed by atoms with Crippen molar-refractivity contribution in [3.8, 4) is 11.1 Å². The van der Waals surface area contributed by atoms with Crippen molar-refractivity contribution in [1.82, 2.24) is 4.57 Å². The van der Waals surface area contributed by atoms with Crippen molar-refractivity contribution in [2.45, 2.75) is 6.54 Å². The van der Waals surface area contributed by atoms with E-state index in [-0.39, 0.29) is 0 Å². The van der Waals surface area contributed by atoms with Gasteiger partial charge in [-0.1, -0.05) is 64.6 Å². The molecule has 1 heterocycles. The van der Waals surface area contributed by atoms with E-state index in [4.69, 9.17) is 52.1 Å². The molecule has 0 saturated carbocycles. The molecular formula is C26H15Cl4N2O. The summed E-state index contributed by atoms with van der Waals surface area (Å²) in [4.78, 5) is 12.2. The number of rotatable bonds is 4. The Balaban J connectivity index is 1.82. The van der Waals surface area contributed by atoms with Gasteiger partial charge in [0.25, 0.3) is 0 Å². The Morgan fingerprint density at radius 1 is 0.848 bits per heavy atom. The number of halogens is 4. The lowest BCUT2D eigenvalue weighted by atomic mass is 10.0. The third-order valence-corrected chi connectivity index (χ3v) is 7.00. The number of primary amides is 1. The maximum Gasteiger partial charge on any atom is 0.249 e. The highest BCUT2D eigenvalue weighted by Crippen LogP contribution is 2.39. The Morgan fingerprint density at radius 3 is 2.27 bits per heavy atom. The van der Waals surface area contributed by atoms with Gasteiger partial charge in [0, 0.05) is 38.5 Å². The molecule has 0 aliphatic carbocycles. The van der Waals surface area contributed by atoms with Gasteiger partial charge in [-0.2, -0.15) is 0 Å². The van der Waals surface area contributed by atoms with Crippen molar-refractivity contribution in [3.05, 3.63) is 104 Å². The molecule has 7 heteroatoms. The van der Waals surface area contributed by atoms with Crippen LogP contribution in [0.2, 0.25) is 20.1 Å². The summed E-state index contributed by atoms with van der Waals surface area (Å²) in [6, 6.07) is 23.6. The van der Waals surface area contributed by atoms with Crippen LogP contribution in [0, 0.1) is 6.07 Å². The van der Waals surface area contributed by atoms with Gasteiger partial charge in [0.1, 0.15) is 0 Å². The molecule has 0 spiro atoms. The average molecular weight is 513 g/mol. The fourth-order valence-electron chi connectivity index (χ4n) is 4.17. The molecule has 0 aliphatic rings. The highest BCUT2D eigenvalue weighted by molar-refractivity contribution is 6.42. The Bertz CT molecular complexity index is 1550. The monoisotopic (exact) mass is 511 g/mol. The first-order valence-corrected chi connectivity index (χ1v) is 11.5. The summed E-state index contributed by atoms with van der Waals surface area (Å²) in [5.41, 5.74) is 10.3. The minimum absolute atomic E-state index is 0.435. The van der Waals surface area contributed by atoms with E-state index in [9.17, 15) is 4.79 Å². The maximum absolute atomic E-state index is 12.2. The first-order valence-electron chi connectivity index (χ1n) is 10.00. The molecule has 0 aliphatic heterocycles. The van der Waals surface area contributed by atoms with Crippen LogP contribution in [0.5, 0.6) is 0 Å². The molecule has 4 aromatic carbocycles. The molecule has 0 atom stereocenters. The summed E-state index contributed by atoms with van der Waals surface area (Å²) >= 11 is 25.3. The lowest BCUT2D eigenvalue weighted by Gasteiger charge is -2.11. The lowest BCUT2D eigenvalue weighted by molar-refractivity contribution is 0.100. The van der Waals surface area contributed by atoms with Gasteiger partial charge in [0.2, 0.25) is 5.91 Å². The number of carbonyl (C=O) groups is 1. The first-order chi connectivity index (χ1) is 15.8. The molecule has 1 radical (unpaired) electrons. The van der Waals surface area contributed by atoms with Crippen molar-refractivity contribution in [3.63, 3.8) is 0 Å². The van der Waals surface area contributed by atoms with Crippen molar-refractivity contribution in [2.75, 3.05) is 0 Å². The Morgan fingerprint density at radius 2 is 1.58 bits per heavy atom. The Kier molecular flexibility index (Phi) is 5.75. The van der Waals surface area contributed by atoms with Gasteiger partial charge in [0.05, 0.1) is 21.1 Å². The number of aromatic nitrogens is 1. The summed E-state index contributed by atoms with van der Waals surface area (Å²) in [7, 11) is 0. The van der Waals surface area contributed by atoms with Gasteiger partial charge in [-0.15, -0.1) is 0 Å². The van der Waals surface area contributed by atoms with E-state index in [2.05, 4.69) is 10.6 Å². The largest absolute Gasteiger partial charge is 0.366 e. The van der Waals surface area contributed by atoms with E-state index < -0.39 is 5.91 Å². The molecule has 163 valence electrons. The molecule has 0 unspecified atom stereocenters. The summed E-state index contributed by atoms with van der Waals surface area (Å²) in [6.07, 6.45) is 0. The van der Waals surface area contributed by atoms with Crippen LogP contribution in [0.15, 0.2) is 66.7 Å². The standard InChI is InChI=1S/C26H15Cl4N2O/c27-18-10-7-14(11-21(18)30)13-32-22-6-1-3-17(26(31)33)25(22)16-9-8-15(12-23(16)32)24-19(28)4-2-5-20(24)29/h1-8,10-12H,13H2,(H2,31,33). The van der Waals surface area contributed by atoms with Gasteiger partial charge in [-0.05, 0) is 65.7 Å². The van der Waals surface area contributed by atoms with Gasteiger partial charge >= 0.3 is 0 Å². The van der Waals surface area contributed by atoms with Crippen molar-refractivity contribution < 1.29 is 4.79 Å². The second kappa shape index (κ2) is 8.58. The first kappa shape index (κ1) is 22.1. The zero-order chi connectivity index (χ0) is 23.3. The van der Waals surface area contributed by atoms with E-state index in [0.29, 0.717) is 32.2 Å². The lowest BCUT2D eigenvalue weighted by Crippen LogP contribution is -2.11. The van der Waals surface area contributed by atoms with Gasteiger partial charge < -0.3 is 10.3 Å². The number of benzene rings is 4. The van der Waals surface area contributed by atoms with E-state index in [1.807, 2.05) is 36.4 Å². The van der Waals surface area contributed by atoms with E-state index >= 15 is 0 Å². The normalized spacial score (nSPS) is 11.4. The summed E-state index contributed by atoms with van der Waals surface area (Å²) in [5, 5.41) is 3.58. The molecular weight excluding hydrogens is 498 g/mol. The number of nitrogens with two attached hydrogens (primary N) is 1. The number of fused-ring (bicyclic) bond motifs is 3. The van der Waals surface area contributed by atoms with Gasteiger partial charge in [0.15, 0.2) is 0 Å². The molecule has 1 amide bonds. The molecule has 3 nitrogen and oxygen atoms in total. The predicted octanol–water partition coefficient (Wildman–Crippen LogP) is 8.02. The topological polar surface area (TPSA) is 48.0 Å². The molecule has 5 rings (SSSR count). The maximum atomic E-state index is 12.2. The van der Waals surface area contributed by atoms with Crippen LogP contribution in [0.4, 0.5) is 0 Å². The van der Waals surface area contributed by atoms with E-state index in [1.165, 1.54) is 0 Å². The molecule has 0 saturated heterocycles. The van der Waals surface area contributed by atoms with Crippen LogP contribution in [-0.4, -0.2) is 10.5 Å². The number of hydrogen-bond donors (Lipinski definition) is 1. The minimum atomic E-state index is -0.499. The van der Waals surface area contributed by atoms with Gasteiger partial charge in [-0.25, -0.2) is 0 Å². The number of hydrogen-bond acceptors (Lipinski definition) is 1. The van der Waals surface area contributed by atoms with Crippen molar-refractivity contribution >= 4 is 74.1 Å². The molecule has 0 bridgehead atoms. The fraction of sp³-hybridized carbons (Fsp3) is 0.0385. The van der Waals surface area contributed by atoms with Crippen LogP contribution in [0.1, 0.15) is 15.9 Å². The second-order valence-electron chi connectivity index (χ2n) is 7.64. The molecule has 33 heavy (non-hydrogen) atoms. The van der Waals surface area contributed by atoms with Crippen LogP contribution in [0.25, 0.3) is 32.9 Å². The number of carbonyl (C=O) groups excluding carboxylic acids is 1. The molecule has 5 aromatic rings. The number of nitrogens with zero attached hydrogens (tertiary/aromatic N) is 1. The Hall–Kier alpha value is -2.69. The minimum Gasteiger partial charge on any atom is -0.366 e. The highest BCUT2D eigenvalue weighted by Gasteiger charge is 2.19. The van der Waals surface area contributed by atoms with Crippen LogP contribution < -0.4 is 5.73 Å². The van der Waals surface area contributed by atoms with E-state index in [0.717, 1.165) is 38.5 Å². The third kappa shape index (κ3) is 3.85. The number of amides is 1. The second-order valence-corrected chi connectivity index (χ2v) is 9.27. The average Bonchev–Trinajstić information content (AvgIpc) is 3.09. The highest BCUT2D eigenvalue weighted by atomic mass is 35.5. The predicted molar refractivity (Wildman–Crippen MR) is 138 cm³/mol. The van der Waals surface area contributed by atoms with Gasteiger partial charge in [-0.3, -0.25) is 4.79 Å². The molecule has 2 N–H and O–H groups in total. The van der Waals surface area contributed by atoms with Crippen molar-refractivity contribution in [2.24, 2.45) is 5.73 Å². The Labute approximate surface area is 210 Å². The quantitative estimate of drug-likeness (QED) is 0.260. The summed E-state index contributed by atoms with van der Waals surface area (Å²) in [6.45, 7) is 0.493. The smallest absolute Gasteiger partial charge is 0.249 e. The zero-order valence-corrected chi connectivity index (χ0v) is 20.0. The summed E-state index contributed by atoms with van der Waals surface area (Å²) < 4.78 is 2.10. The SMILES string of the molecule is NC(=O)c1cccc2c1c1[c]cc(-c3c(Cl)cccc3Cl)cc1n2Cc1ccc(Cl)c(Cl)c1. The van der Waals surface area contributed by atoms with E-state index in [1.54, 1.807) is 30.3 Å². The third-order valence-electron chi connectivity index (χ3n) is 5.64. The van der Waals surface area contributed by atoms with Crippen LogP contribution in [0.3, 0.4) is 0 Å². The van der Waals surface area contributed by atoms with Crippen LogP contribution >= 0.6 is 46.4 Å². The zero-order valence-electron chi connectivity index (χ0n) is 17.0.